The second-order valence-corrected chi connectivity index (χ2v) is 10.7. The molecule has 168 valence electrons. The van der Waals surface area contributed by atoms with Gasteiger partial charge >= 0.3 is 0 Å². The van der Waals surface area contributed by atoms with E-state index in [1.54, 1.807) is 11.8 Å². The lowest BCUT2D eigenvalue weighted by molar-refractivity contribution is -0.116. The number of para-hydroxylation sites is 1. The maximum absolute atomic E-state index is 12.6. The number of rotatable bonds is 9. The molecule has 1 N–H and O–H groups in total. The summed E-state index contributed by atoms with van der Waals surface area (Å²) in [5.41, 5.74) is 3.29. The molecule has 0 heterocycles. The lowest BCUT2D eigenvalue weighted by atomic mass is 10.1. The number of nitrogens with one attached hydrogen (secondary N) is 1. The van der Waals surface area contributed by atoms with Gasteiger partial charge in [-0.2, -0.15) is 0 Å². The summed E-state index contributed by atoms with van der Waals surface area (Å²) in [4.78, 5) is 14.7. The van der Waals surface area contributed by atoms with Crippen molar-refractivity contribution < 1.29 is 13.2 Å². The van der Waals surface area contributed by atoms with E-state index in [9.17, 15) is 13.2 Å². The van der Waals surface area contributed by atoms with Gasteiger partial charge < -0.3 is 5.32 Å². The van der Waals surface area contributed by atoms with Gasteiger partial charge in [0.25, 0.3) is 0 Å². The molecule has 0 radical (unpaired) electrons. The van der Waals surface area contributed by atoms with Crippen molar-refractivity contribution in [3.8, 4) is 0 Å². The van der Waals surface area contributed by atoms with Crippen LogP contribution in [0.3, 0.4) is 0 Å². The van der Waals surface area contributed by atoms with Crippen molar-refractivity contribution in [2.24, 2.45) is 0 Å². The van der Waals surface area contributed by atoms with E-state index >= 15 is 0 Å². The van der Waals surface area contributed by atoms with Crippen LogP contribution in [0, 0.1) is 13.8 Å². The number of hydrogen-bond acceptors (Lipinski definition) is 4. The van der Waals surface area contributed by atoms with E-state index in [1.807, 2.05) is 86.6 Å². The number of carbonyl (C=O) groups is 1. The fourth-order valence-corrected chi connectivity index (χ4v) is 5.26. The first-order chi connectivity index (χ1) is 15.2. The first kappa shape index (κ1) is 23.9. The Morgan fingerprint density at radius 1 is 0.969 bits per heavy atom. The molecule has 32 heavy (non-hydrogen) atoms. The van der Waals surface area contributed by atoms with Crippen molar-refractivity contribution in [1.82, 2.24) is 0 Å². The van der Waals surface area contributed by atoms with E-state index in [-0.39, 0.29) is 18.9 Å². The zero-order chi connectivity index (χ0) is 23.1. The van der Waals surface area contributed by atoms with Crippen molar-refractivity contribution in [3.05, 3.63) is 83.9 Å². The van der Waals surface area contributed by atoms with E-state index in [0.29, 0.717) is 12.1 Å². The van der Waals surface area contributed by atoms with Crippen LogP contribution in [0.5, 0.6) is 0 Å². The summed E-state index contributed by atoms with van der Waals surface area (Å²) < 4.78 is 26.2. The van der Waals surface area contributed by atoms with E-state index in [4.69, 9.17) is 0 Å². The predicted molar refractivity (Wildman–Crippen MR) is 133 cm³/mol. The van der Waals surface area contributed by atoms with Crippen LogP contribution in [-0.2, 0) is 14.8 Å². The Morgan fingerprint density at radius 3 is 2.38 bits per heavy atom. The molecule has 3 rings (SSSR count). The van der Waals surface area contributed by atoms with Crippen molar-refractivity contribution >= 4 is 39.1 Å². The van der Waals surface area contributed by atoms with Crippen LogP contribution < -0.4 is 9.62 Å². The van der Waals surface area contributed by atoms with Gasteiger partial charge in [0.05, 0.1) is 17.6 Å². The fourth-order valence-electron chi connectivity index (χ4n) is 3.32. The van der Waals surface area contributed by atoms with Crippen molar-refractivity contribution in [1.29, 1.82) is 0 Å². The van der Waals surface area contributed by atoms with Crippen molar-refractivity contribution in [3.63, 3.8) is 0 Å². The summed E-state index contributed by atoms with van der Waals surface area (Å²) >= 11 is 1.59. The Labute approximate surface area is 194 Å². The third kappa shape index (κ3) is 6.61. The molecule has 0 aliphatic carbocycles. The van der Waals surface area contributed by atoms with Crippen LogP contribution in [0.1, 0.15) is 24.0 Å². The smallest absolute Gasteiger partial charge is 0.232 e. The molecule has 0 aliphatic heterocycles. The Kier molecular flexibility index (Phi) is 7.99. The molecular formula is C25H28N2O3S2. The first-order valence-electron chi connectivity index (χ1n) is 10.4. The largest absolute Gasteiger partial charge is 0.325 e. The summed E-state index contributed by atoms with van der Waals surface area (Å²) in [6.07, 6.45) is 1.84. The van der Waals surface area contributed by atoms with Crippen molar-refractivity contribution in [2.45, 2.75) is 36.5 Å². The highest BCUT2D eigenvalue weighted by molar-refractivity contribution is 7.99. The second-order valence-electron chi connectivity index (χ2n) is 7.69. The maximum Gasteiger partial charge on any atom is 0.232 e. The highest BCUT2D eigenvalue weighted by atomic mass is 32.2. The molecule has 3 aromatic rings. The van der Waals surface area contributed by atoms with Gasteiger partial charge in [-0.3, -0.25) is 9.10 Å². The zero-order valence-electron chi connectivity index (χ0n) is 18.5. The van der Waals surface area contributed by atoms with Gasteiger partial charge in [-0.25, -0.2) is 8.42 Å². The van der Waals surface area contributed by atoms with Gasteiger partial charge in [0.15, 0.2) is 0 Å². The molecule has 0 aromatic heterocycles. The minimum absolute atomic E-state index is 0.138. The Hall–Kier alpha value is -2.77. The highest BCUT2D eigenvalue weighted by Gasteiger charge is 2.19. The average molecular weight is 469 g/mol. The monoisotopic (exact) mass is 468 g/mol. The van der Waals surface area contributed by atoms with Gasteiger partial charge in [-0.15, -0.1) is 0 Å². The predicted octanol–water partition coefficient (Wildman–Crippen LogP) is 5.64. The minimum Gasteiger partial charge on any atom is -0.325 e. The molecule has 0 aliphatic rings. The van der Waals surface area contributed by atoms with Gasteiger partial charge in [0.1, 0.15) is 0 Å². The number of hydrogen-bond donors (Lipinski definition) is 1. The van der Waals surface area contributed by atoms with Crippen LogP contribution >= 0.6 is 11.8 Å². The molecule has 0 saturated heterocycles. The lowest BCUT2D eigenvalue weighted by Gasteiger charge is -2.24. The minimum atomic E-state index is -3.46. The second kappa shape index (κ2) is 10.7. The number of sulfonamides is 1. The molecule has 3 aromatic carbocycles. The third-order valence-electron chi connectivity index (χ3n) is 4.93. The summed E-state index contributed by atoms with van der Waals surface area (Å²) in [7, 11) is -3.46. The molecule has 0 spiro atoms. The molecule has 0 fully saturated rings. The molecule has 7 heteroatoms. The first-order valence-corrected chi connectivity index (χ1v) is 13.1. The fraction of sp³-hybridized carbons (Fsp3) is 0.240. The topological polar surface area (TPSA) is 66.5 Å². The number of anilines is 2. The van der Waals surface area contributed by atoms with Gasteiger partial charge in [-0.05, 0) is 61.7 Å². The third-order valence-corrected chi connectivity index (χ3v) is 7.19. The van der Waals surface area contributed by atoms with Crippen LogP contribution in [0.4, 0.5) is 11.4 Å². The Bertz CT molecular complexity index is 1180. The number of nitrogens with zero attached hydrogens (tertiary/aromatic N) is 1. The molecule has 0 atom stereocenters. The van der Waals surface area contributed by atoms with Crippen LogP contribution in [0.25, 0.3) is 0 Å². The van der Waals surface area contributed by atoms with Crippen LogP contribution in [-0.4, -0.2) is 27.1 Å². The molecule has 0 unspecified atom stereocenters. The van der Waals surface area contributed by atoms with Gasteiger partial charge in [0.2, 0.25) is 15.9 Å². The normalized spacial score (nSPS) is 11.2. The van der Waals surface area contributed by atoms with Crippen molar-refractivity contribution in [2.75, 3.05) is 22.4 Å². The van der Waals surface area contributed by atoms with Gasteiger partial charge in [0, 0.05) is 22.8 Å². The average Bonchev–Trinajstić information content (AvgIpc) is 2.74. The molecule has 5 nitrogen and oxygen atoms in total. The molecule has 1 amide bonds. The highest BCUT2D eigenvalue weighted by Crippen LogP contribution is 2.33. The molecular weight excluding hydrogens is 440 g/mol. The van der Waals surface area contributed by atoms with E-state index in [1.165, 1.54) is 10.6 Å². The molecule has 0 saturated carbocycles. The van der Waals surface area contributed by atoms with E-state index in [2.05, 4.69) is 5.32 Å². The number of aryl methyl sites for hydroxylation is 2. The van der Waals surface area contributed by atoms with Crippen LogP contribution in [0.2, 0.25) is 0 Å². The Balaban J connectivity index is 1.64. The summed E-state index contributed by atoms with van der Waals surface area (Å²) in [6, 6.07) is 23.4. The number of amides is 1. The Morgan fingerprint density at radius 2 is 1.66 bits per heavy atom. The standard InChI is InChI=1S/C25H28N2O3S2/c1-19-15-16-20(2)23(18-19)27(32(3,29)30)17-9-14-25(28)26-22-12-7-8-13-24(22)31-21-10-5-4-6-11-21/h4-8,10-13,15-16,18H,9,14,17H2,1-3H3,(H,26,28). The lowest BCUT2D eigenvalue weighted by Crippen LogP contribution is -2.32. The quantitative estimate of drug-likeness (QED) is 0.441. The van der Waals surface area contributed by atoms with Gasteiger partial charge in [-0.1, -0.05) is 54.2 Å². The number of benzene rings is 3. The maximum atomic E-state index is 12.6. The SMILES string of the molecule is Cc1ccc(C)c(N(CCCC(=O)Nc2ccccc2Sc2ccccc2)S(C)(=O)=O)c1. The summed E-state index contributed by atoms with van der Waals surface area (Å²) in [5.74, 6) is -0.138. The summed E-state index contributed by atoms with van der Waals surface area (Å²) in [5, 5.41) is 2.98. The van der Waals surface area contributed by atoms with Crippen LogP contribution in [0.15, 0.2) is 82.6 Å². The van der Waals surface area contributed by atoms with E-state index in [0.717, 1.165) is 26.6 Å². The number of carbonyl (C=O) groups excluding carboxylic acids is 1. The van der Waals surface area contributed by atoms with E-state index < -0.39 is 10.0 Å². The zero-order valence-corrected chi connectivity index (χ0v) is 20.2. The summed E-state index contributed by atoms with van der Waals surface area (Å²) in [6.45, 7) is 4.07. The molecule has 0 bridgehead atoms.